The van der Waals surface area contributed by atoms with E-state index in [9.17, 15) is 0 Å². The fourth-order valence-corrected chi connectivity index (χ4v) is 2.64. The summed E-state index contributed by atoms with van der Waals surface area (Å²) >= 11 is 0. The van der Waals surface area contributed by atoms with Gasteiger partial charge in [0.1, 0.15) is 0 Å². The molecule has 3 nitrogen and oxygen atoms in total. The van der Waals surface area contributed by atoms with Gasteiger partial charge in [0.25, 0.3) is 0 Å². The number of piperidine rings is 1. The molecule has 1 N–H and O–H groups in total. The van der Waals surface area contributed by atoms with Crippen LogP contribution in [-0.2, 0) is 4.74 Å². The van der Waals surface area contributed by atoms with Gasteiger partial charge in [-0.15, -0.1) is 0 Å². The Bertz CT molecular complexity index is 223. The summed E-state index contributed by atoms with van der Waals surface area (Å²) in [7, 11) is 1.81. The summed E-state index contributed by atoms with van der Waals surface area (Å²) in [6.45, 7) is 13.5. The van der Waals surface area contributed by atoms with Crippen molar-refractivity contribution in [3.05, 3.63) is 0 Å². The van der Waals surface area contributed by atoms with Crippen molar-refractivity contribution in [3.63, 3.8) is 0 Å². The molecular formula is C15H32N2O. The molecule has 1 heterocycles. The largest absolute Gasteiger partial charge is 0.383 e. The van der Waals surface area contributed by atoms with Gasteiger partial charge in [0.15, 0.2) is 0 Å². The maximum Gasteiger partial charge on any atom is 0.0630 e. The Labute approximate surface area is 113 Å². The van der Waals surface area contributed by atoms with E-state index in [0.29, 0.717) is 17.5 Å². The average molecular weight is 256 g/mol. The summed E-state index contributed by atoms with van der Waals surface area (Å²) in [5.74, 6) is 0. The molecule has 0 aliphatic carbocycles. The Hall–Kier alpha value is -0.120. The molecular weight excluding hydrogens is 224 g/mol. The van der Waals surface area contributed by atoms with Crippen molar-refractivity contribution in [3.8, 4) is 0 Å². The van der Waals surface area contributed by atoms with Crippen LogP contribution in [0.15, 0.2) is 0 Å². The Balaban J connectivity index is 2.44. The van der Waals surface area contributed by atoms with Crippen molar-refractivity contribution in [1.29, 1.82) is 0 Å². The summed E-state index contributed by atoms with van der Waals surface area (Å²) in [6.07, 6.45) is 3.96. The summed E-state index contributed by atoms with van der Waals surface area (Å²) in [4.78, 5) is 2.61. The lowest BCUT2D eigenvalue weighted by Gasteiger charge is -2.42. The Morgan fingerprint density at radius 3 is 2.33 bits per heavy atom. The molecule has 0 aromatic rings. The number of rotatable bonds is 7. The lowest BCUT2D eigenvalue weighted by molar-refractivity contribution is 0.0394. The molecule has 1 atom stereocenters. The molecule has 0 aromatic heterocycles. The second kappa shape index (κ2) is 7.46. The predicted molar refractivity (Wildman–Crippen MR) is 78.0 cm³/mol. The predicted octanol–water partition coefficient (Wildman–Crippen LogP) is 2.51. The van der Waals surface area contributed by atoms with Crippen LogP contribution < -0.4 is 5.32 Å². The van der Waals surface area contributed by atoms with E-state index in [-0.39, 0.29) is 0 Å². The lowest BCUT2D eigenvalue weighted by atomic mass is 9.78. The number of nitrogens with zero attached hydrogens (tertiary/aromatic N) is 1. The zero-order chi connectivity index (χ0) is 13.6. The first-order chi connectivity index (χ1) is 8.50. The molecule has 0 aromatic carbocycles. The standard InChI is InChI=1S/C15H32N2O/c1-6-15(4)7-9-17(10-8-15)14(12-18-5)11-16-13(2)3/h13-14,16H,6-12H2,1-5H3. The van der Waals surface area contributed by atoms with E-state index in [1.54, 1.807) is 0 Å². The molecule has 1 fully saturated rings. The van der Waals surface area contributed by atoms with E-state index in [0.717, 1.165) is 13.2 Å². The topological polar surface area (TPSA) is 24.5 Å². The molecule has 1 rings (SSSR count). The van der Waals surface area contributed by atoms with Crippen molar-refractivity contribution in [1.82, 2.24) is 10.2 Å². The van der Waals surface area contributed by atoms with Gasteiger partial charge >= 0.3 is 0 Å². The molecule has 1 aliphatic heterocycles. The summed E-state index contributed by atoms with van der Waals surface area (Å²) in [6, 6.07) is 1.08. The van der Waals surface area contributed by atoms with E-state index in [2.05, 4.69) is 37.9 Å². The van der Waals surface area contributed by atoms with E-state index in [1.807, 2.05) is 7.11 Å². The molecule has 0 bridgehead atoms. The van der Waals surface area contributed by atoms with E-state index in [4.69, 9.17) is 4.74 Å². The number of nitrogens with one attached hydrogen (secondary N) is 1. The highest BCUT2D eigenvalue weighted by molar-refractivity contribution is 4.85. The average Bonchev–Trinajstić information content (AvgIpc) is 2.35. The maximum atomic E-state index is 5.39. The zero-order valence-corrected chi connectivity index (χ0v) is 13.0. The number of ether oxygens (including phenoxy) is 1. The number of methoxy groups -OCH3 is 1. The molecule has 3 heteroatoms. The first kappa shape index (κ1) is 15.9. The molecule has 108 valence electrons. The van der Waals surface area contributed by atoms with Crippen molar-refractivity contribution >= 4 is 0 Å². The molecule has 18 heavy (non-hydrogen) atoms. The minimum absolute atomic E-state index is 0.527. The van der Waals surface area contributed by atoms with Gasteiger partial charge in [0, 0.05) is 25.7 Å². The highest BCUT2D eigenvalue weighted by Crippen LogP contribution is 2.34. The Kier molecular flexibility index (Phi) is 6.61. The Morgan fingerprint density at radius 2 is 1.89 bits per heavy atom. The zero-order valence-electron chi connectivity index (χ0n) is 13.0. The monoisotopic (exact) mass is 256 g/mol. The van der Waals surface area contributed by atoms with Gasteiger partial charge in [-0.3, -0.25) is 4.90 Å². The van der Waals surface area contributed by atoms with E-state index in [1.165, 1.54) is 32.4 Å². The van der Waals surface area contributed by atoms with Crippen LogP contribution in [0.2, 0.25) is 0 Å². The molecule has 0 saturated carbocycles. The maximum absolute atomic E-state index is 5.39. The fourth-order valence-electron chi connectivity index (χ4n) is 2.64. The van der Waals surface area contributed by atoms with Crippen molar-refractivity contribution in [2.45, 2.75) is 59.0 Å². The minimum atomic E-state index is 0.527. The van der Waals surface area contributed by atoms with Crippen LogP contribution in [-0.4, -0.2) is 50.3 Å². The van der Waals surface area contributed by atoms with Crippen molar-refractivity contribution < 1.29 is 4.74 Å². The summed E-state index contributed by atoms with van der Waals surface area (Å²) in [5, 5.41) is 3.54. The van der Waals surface area contributed by atoms with Gasteiger partial charge in [-0.05, 0) is 31.3 Å². The SMILES string of the molecule is CCC1(C)CCN(C(CNC(C)C)COC)CC1. The van der Waals surface area contributed by atoms with Gasteiger partial charge in [-0.1, -0.05) is 34.1 Å². The van der Waals surface area contributed by atoms with E-state index >= 15 is 0 Å². The number of hydrogen-bond donors (Lipinski definition) is 1. The van der Waals surface area contributed by atoms with Crippen molar-refractivity contribution in [2.24, 2.45) is 5.41 Å². The third-order valence-corrected chi connectivity index (χ3v) is 4.50. The van der Waals surface area contributed by atoms with Crippen LogP contribution in [0.25, 0.3) is 0 Å². The molecule has 0 radical (unpaired) electrons. The smallest absolute Gasteiger partial charge is 0.0630 e. The van der Waals surface area contributed by atoms with Crippen LogP contribution in [0.3, 0.4) is 0 Å². The first-order valence-corrected chi connectivity index (χ1v) is 7.47. The third kappa shape index (κ3) is 4.87. The van der Waals surface area contributed by atoms with Crippen LogP contribution in [0, 0.1) is 5.41 Å². The van der Waals surface area contributed by atoms with Gasteiger partial charge < -0.3 is 10.1 Å². The van der Waals surface area contributed by atoms with Crippen LogP contribution in [0.5, 0.6) is 0 Å². The van der Waals surface area contributed by atoms with Gasteiger partial charge in [0.05, 0.1) is 6.61 Å². The van der Waals surface area contributed by atoms with E-state index < -0.39 is 0 Å². The van der Waals surface area contributed by atoms with Gasteiger partial charge in [-0.2, -0.15) is 0 Å². The van der Waals surface area contributed by atoms with Crippen LogP contribution >= 0.6 is 0 Å². The quantitative estimate of drug-likeness (QED) is 0.757. The normalized spacial score (nSPS) is 22.3. The van der Waals surface area contributed by atoms with Gasteiger partial charge in [-0.25, -0.2) is 0 Å². The fraction of sp³-hybridized carbons (Fsp3) is 1.00. The highest BCUT2D eigenvalue weighted by Gasteiger charge is 2.31. The summed E-state index contributed by atoms with van der Waals surface area (Å²) < 4.78 is 5.39. The molecule has 1 saturated heterocycles. The second-order valence-corrected chi connectivity index (χ2v) is 6.37. The molecule has 0 spiro atoms. The number of hydrogen-bond acceptors (Lipinski definition) is 3. The number of likely N-dealkylation sites (tertiary alicyclic amines) is 1. The molecule has 1 unspecified atom stereocenters. The lowest BCUT2D eigenvalue weighted by Crippen LogP contribution is -2.50. The molecule has 1 aliphatic rings. The highest BCUT2D eigenvalue weighted by atomic mass is 16.5. The van der Waals surface area contributed by atoms with Crippen LogP contribution in [0.4, 0.5) is 0 Å². The Morgan fingerprint density at radius 1 is 1.28 bits per heavy atom. The third-order valence-electron chi connectivity index (χ3n) is 4.50. The minimum Gasteiger partial charge on any atom is -0.383 e. The second-order valence-electron chi connectivity index (χ2n) is 6.37. The first-order valence-electron chi connectivity index (χ1n) is 7.47. The molecule has 0 amide bonds. The summed E-state index contributed by atoms with van der Waals surface area (Å²) in [5.41, 5.74) is 0.569. The van der Waals surface area contributed by atoms with Gasteiger partial charge in [0.2, 0.25) is 0 Å². The van der Waals surface area contributed by atoms with Crippen molar-refractivity contribution in [2.75, 3.05) is 33.4 Å². The van der Waals surface area contributed by atoms with Crippen LogP contribution in [0.1, 0.15) is 47.0 Å².